The second kappa shape index (κ2) is 10.4. The zero-order chi connectivity index (χ0) is 18.0. The Morgan fingerprint density at radius 1 is 0.885 bits per heavy atom. The zero-order valence-electron chi connectivity index (χ0n) is 15.5. The van der Waals surface area contributed by atoms with Crippen LogP contribution in [0.2, 0.25) is 0 Å². The Morgan fingerprint density at radius 2 is 1.65 bits per heavy atom. The average Bonchev–Trinajstić information content (AvgIpc) is 2.67. The monoisotopic (exact) mass is 357 g/mol. The molecule has 3 rings (SSSR count). The summed E-state index contributed by atoms with van der Waals surface area (Å²) >= 11 is 0. The Balaban J connectivity index is 1.66. The third-order valence-corrected chi connectivity index (χ3v) is 4.85. The number of pyridine rings is 1. The number of fused-ring (bicyclic) bond motifs is 1. The first kappa shape index (κ1) is 19.0. The van der Waals surface area contributed by atoms with E-state index in [9.17, 15) is 5.11 Å². The van der Waals surface area contributed by atoms with Crippen LogP contribution in [0.25, 0.3) is 10.9 Å². The molecule has 1 aliphatic heterocycles. The van der Waals surface area contributed by atoms with Crippen molar-refractivity contribution in [3.63, 3.8) is 0 Å². The van der Waals surface area contributed by atoms with Crippen LogP contribution in [0.5, 0.6) is 5.75 Å². The van der Waals surface area contributed by atoms with Gasteiger partial charge in [-0.05, 0) is 56.7 Å². The summed E-state index contributed by atoms with van der Waals surface area (Å²) in [7, 11) is 0. The number of phenolic OH excluding ortho intramolecular Hbond substituents is 1. The summed E-state index contributed by atoms with van der Waals surface area (Å²) in [6.45, 7) is 9.21. The maximum atomic E-state index is 10.1. The Kier molecular flexibility index (Phi) is 7.64. The molecule has 1 saturated heterocycles. The van der Waals surface area contributed by atoms with Crippen molar-refractivity contribution in [2.24, 2.45) is 0 Å². The summed E-state index contributed by atoms with van der Waals surface area (Å²) < 4.78 is 0. The minimum Gasteiger partial charge on any atom is -0.506 e. The highest BCUT2D eigenvalue weighted by Crippen LogP contribution is 2.26. The van der Waals surface area contributed by atoms with Gasteiger partial charge < -0.3 is 21.1 Å². The molecule has 6 heteroatoms. The van der Waals surface area contributed by atoms with Crippen molar-refractivity contribution in [3.05, 3.63) is 36.0 Å². The highest BCUT2D eigenvalue weighted by molar-refractivity contribution is 5.87. The zero-order valence-corrected chi connectivity index (χ0v) is 15.5. The van der Waals surface area contributed by atoms with Crippen LogP contribution in [0.4, 0.5) is 0 Å². The number of rotatable bonds is 2. The number of hydrogen-bond donors (Lipinski definition) is 4. The first-order valence-corrected chi connectivity index (χ1v) is 9.74. The maximum Gasteiger partial charge on any atom is 0.141 e. The van der Waals surface area contributed by atoms with E-state index in [1.807, 2.05) is 18.2 Å². The van der Waals surface area contributed by atoms with Gasteiger partial charge in [-0.25, -0.2) is 0 Å². The van der Waals surface area contributed by atoms with Crippen LogP contribution >= 0.6 is 0 Å². The van der Waals surface area contributed by atoms with Gasteiger partial charge in [-0.15, -0.1) is 0 Å². The van der Waals surface area contributed by atoms with Gasteiger partial charge in [0.15, 0.2) is 0 Å². The van der Waals surface area contributed by atoms with Crippen molar-refractivity contribution >= 4 is 10.9 Å². The average molecular weight is 358 g/mol. The Bertz CT molecular complexity index is 664. The summed E-state index contributed by atoms with van der Waals surface area (Å²) in [4.78, 5) is 6.84. The number of hydrogen-bond acceptors (Lipinski definition) is 6. The molecule has 4 N–H and O–H groups in total. The molecule has 0 unspecified atom stereocenters. The van der Waals surface area contributed by atoms with E-state index >= 15 is 0 Å². The third-order valence-electron chi connectivity index (χ3n) is 4.85. The van der Waals surface area contributed by atoms with E-state index < -0.39 is 0 Å². The van der Waals surface area contributed by atoms with Gasteiger partial charge in [-0.1, -0.05) is 12.1 Å². The molecule has 0 aliphatic carbocycles. The highest BCUT2D eigenvalue weighted by atomic mass is 16.3. The second-order valence-electron chi connectivity index (χ2n) is 6.88. The lowest BCUT2D eigenvalue weighted by Crippen LogP contribution is -2.36. The van der Waals surface area contributed by atoms with Crippen LogP contribution in [-0.2, 0) is 6.54 Å². The molecule has 1 fully saturated rings. The number of nitrogens with zero attached hydrogens (tertiary/aromatic N) is 2. The lowest BCUT2D eigenvalue weighted by Gasteiger charge is -2.24. The van der Waals surface area contributed by atoms with Crippen LogP contribution in [0.1, 0.15) is 18.4 Å². The molecule has 0 atom stereocenters. The van der Waals surface area contributed by atoms with Crippen LogP contribution in [0.3, 0.4) is 0 Å². The minimum absolute atomic E-state index is 0.254. The summed E-state index contributed by atoms with van der Waals surface area (Å²) in [5.74, 6) is 0.254. The van der Waals surface area contributed by atoms with Gasteiger partial charge in [0, 0.05) is 44.3 Å². The van der Waals surface area contributed by atoms with E-state index in [0.29, 0.717) is 5.52 Å². The Labute approximate surface area is 156 Å². The van der Waals surface area contributed by atoms with Gasteiger partial charge in [-0.2, -0.15) is 0 Å². The standard InChI is InChI=1S/C20H31N5O/c26-19-6-5-17(18-4-1-10-24-20(18)19)16-25-14-3-9-22-12-11-21-7-2-8-23-13-15-25/h1,4-6,10,21-23,26H,2-3,7-9,11-16H2. The second-order valence-corrected chi connectivity index (χ2v) is 6.88. The summed E-state index contributed by atoms with van der Waals surface area (Å²) in [6.07, 6.45) is 4.03. The molecular weight excluding hydrogens is 326 g/mol. The quantitative estimate of drug-likeness (QED) is 0.650. The van der Waals surface area contributed by atoms with Crippen molar-refractivity contribution < 1.29 is 5.11 Å². The van der Waals surface area contributed by atoms with Crippen molar-refractivity contribution in [2.75, 3.05) is 52.4 Å². The molecule has 2 heterocycles. The molecule has 0 bridgehead atoms. The Hall–Kier alpha value is -1.73. The number of aromatic nitrogens is 1. The van der Waals surface area contributed by atoms with Gasteiger partial charge in [0.25, 0.3) is 0 Å². The largest absolute Gasteiger partial charge is 0.506 e. The molecule has 0 spiro atoms. The molecule has 0 amide bonds. The Morgan fingerprint density at radius 3 is 2.50 bits per heavy atom. The van der Waals surface area contributed by atoms with E-state index in [1.54, 1.807) is 12.3 Å². The number of phenols is 1. The van der Waals surface area contributed by atoms with Crippen LogP contribution in [-0.4, -0.2) is 67.3 Å². The summed E-state index contributed by atoms with van der Waals surface area (Å²) in [5, 5.41) is 21.6. The molecule has 2 aromatic rings. The smallest absolute Gasteiger partial charge is 0.141 e. The molecule has 1 aliphatic rings. The van der Waals surface area contributed by atoms with E-state index in [4.69, 9.17) is 0 Å². The fourth-order valence-corrected chi connectivity index (χ4v) is 3.42. The minimum atomic E-state index is 0.254. The fraction of sp³-hybridized carbons (Fsp3) is 0.550. The first-order chi connectivity index (χ1) is 12.8. The van der Waals surface area contributed by atoms with Gasteiger partial charge >= 0.3 is 0 Å². The molecule has 1 aromatic carbocycles. The lowest BCUT2D eigenvalue weighted by molar-refractivity contribution is 0.260. The molecule has 26 heavy (non-hydrogen) atoms. The number of benzene rings is 1. The van der Waals surface area contributed by atoms with E-state index in [-0.39, 0.29) is 5.75 Å². The SMILES string of the molecule is Oc1ccc(CN2CCCNCCNCCCNCC2)c2cccnc12. The van der Waals surface area contributed by atoms with Gasteiger partial charge in [-0.3, -0.25) is 9.88 Å². The molecular formula is C20H31N5O. The maximum absolute atomic E-state index is 10.1. The predicted octanol–water partition coefficient (Wildman–Crippen LogP) is 1.31. The van der Waals surface area contributed by atoms with Crippen molar-refractivity contribution in [2.45, 2.75) is 19.4 Å². The molecule has 1 aromatic heterocycles. The van der Waals surface area contributed by atoms with Gasteiger partial charge in [0.2, 0.25) is 0 Å². The topological polar surface area (TPSA) is 72.5 Å². The fourth-order valence-electron chi connectivity index (χ4n) is 3.42. The third kappa shape index (κ3) is 5.64. The lowest BCUT2D eigenvalue weighted by atomic mass is 10.1. The first-order valence-electron chi connectivity index (χ1n) is 9.74. The predicted molar refractivity (Wildman–Crippen MR) is 107 cm³/mol. The van der Waals surface area contributed by atoms with Crippen molar-refractivity contribution in [1.29, 1.82) is 0 Å². The van der Waals surface area contributed by atoms with Gasteiger partial charge in [0.05, 0.1) is 0 Å². The van der Waals surface area contributed by atoms with Crippen LogP contribution < -0.4 is 16.0 Å². The van der Waals surface area contributed by atoms with Gasteiger partial charge in [0.1, 0.15) is 11.3 Å². The molecule has 142 valence electrons. The van der Waals surface area contributed by atoms with E-state index in [2.05, 4.69) is 25.8 Å². The summed E-state index contributed by atoms with van der Waals surface area (Å²) in [5.41, 5.74) is 1.92. The van der Waals surface area contributed by atoms with Crippen molar-refractivity contribution in [3.8, 4) is 5.75 Å². The van der Waals surface area contributed by atoms with Crippen LogP contribution in [0.15, 0.2) is 30.5 Å². The number of aromatic hydroxyl groups is 1. The van der Waals surface area contributed by atoms with E-state index in [1.165, 1.54) is 5.56 Å². The molecule has 0 radical (unpaired) electrons. The van der Waals surface area contributed by atoms with Crippen molar-refractivity contribution in [1.82, 2.24) is 25.8 Å². The molecule has 0 saturated carbocycles. The number of nitrogens with one attached hydrogen (secondary N) is 3. The highest BCUT2D eigenvalue weighted by Gasteiger charge is 2.11. The van der Waals surface area contributed by atoms with E-state index in [0.717, 1.165) is 77.1 Å². The van der Waals surface area contributed by atoms with Crippen LogP contribution in [0, 0.1) is 0 Å². The molecule has 6 nitrogen and oxygen atoms in total. The summed E-state index contributed by atoms with van der Waals surface area (Å²) in [6, 6.07) is 7.78. The normalized spacial score (nSPS) is 19.2.